The van der Waals surface area contributed by atoms with Gasteiger partial charge >= 0.3 is 0 Å². The van der Waals surface area contributed by atoms with Crippen LogP contribution in [0.15, 0.2) is 53.7 Å². The molecule has 0 bridgehead atoms. The molecule has 146 valence electrons. The molecule has 0 aliphatic heterocycles. The number of hydrogen-bond donors (Lipinski definition) is 1. The van der Waals surface area contributed by atoms with Crippen LogP contribution >= 0.6 is 23.4 Å². The predicted molar refractivity (Wildman–Crippen MR) is 115 cm³/mol. The molecule has 0 radical (unpaired) electrons. The van der Waals surface area contributed by atoms with Gasteiger partial charge in [-0.2, -0.15) is 0 Å². The third-order valence-corrected chi connectivity index (χ3v) is 5.70. The van der Waals surface area contributed by atoms with Gasteiger partial charge in [0.25, 0.3) is 0 Å². The predicted octanol–water partition coefficient (Wildman–Crippen LogP) is 4.97. The van der Waals surface area contributed by atoms with Crippen LogP contribution in [0, 0.1) is 6.92 Å². The molecule has 0 fully saturated rings. The number of aromatic nitrogens is 3. The minimum absolute atomic E-state index is 0.0916. The summed E-state index contributed by atoms with van der Waals surface area (Å²) in [4.78, 5) is 12.4. The van der Waals surface area contributed by atoms with Crippen molar-refractivity contribution in [2.75, 3.05) is 11.1 Å². The Balaban J connectivity index is 1.66. The van der Waals surface area contributed by atoms with E-state index in [0.717, 1.165) is 41.6 Å². The van der Waals surface area contributed by atoms with Gasteiger partial charge in [-0.15, -0.1) is 10.2 Å². The maximum Gasteiger partial charge on any atom is 0.234 e. The molecule has 1 N–H and O–H groups in total. The average molecular weight is 415 g/mol. The van der Waals surface area contributed by atoms with Gasteiger partial charge in [0, 0.05) is 23.7 Å². The van der Waals surface area contributed by atoms with Gasteiger partial charge < -0.3 is 9.88 Å². The van der Waals surface area contributed by atoms with Crippen LogP contribution in [0.25, 0.3) is 0 Å². The van der Waals surface area contributed by atoms with Crippen LogP contribution in [0.3, 0.4) is 0 Å². The zero-order chi connectivity index (χ0) is 19.9. The summed E-state index contributed by atoms with van der Waals surface area (Å²) in [6.45, 7) is 4.83. The van der Waals surface area contributed by atoms with E-state index in [4.69, 9.17) is 11.6 Å². The molecule has 28 heavy (non-hydrogen) atoms. The highest BCUT2D eigenvalue weighted by atomic mass is 35.5. The normalized spacial score (nSPS) is 10.8. The minimum Gasteiger partial charge on any atom is -0.325 e. The lowest BCUT2D eigenvalue weighted by Crippen LogP contribution is -2.15. The molecular formula is C21H23ClN4OS. The fraction of sp³-hybridized carbons (Fsp3) is 0.286. The lowest BCUT2D eigenvalue weighted by atomic mass is 10.1. The highest BCUT2D eigenvalue weighted by Gasteiger charge is 2.15. The Kier molecular flexibility index (Phi) is 7.12. The zero-order valence-electron chi connectivity index (χ0n) is 16.0. The first-order chi connectivity index (χ1) is 13.6. The Labute approximate surface area is 174 Å². The molecule has 5 nitrogen and oxygen atoms in total. The fourth-order valence-electron chi connectivity index (χ4n) is 2.84. The SMILES string of the molecule is CCCn1c(Cc2ccccc2)nnc1SCC(=O)Nc1cccc(Cl)c1C. The first-order valence-electron chi connectivity index (χ1n) is 9.22. The molecule has 1 aromatic heterocycles. The Bertz CT molecular complexity index is 943. The number of rotatable bonds is 8. The van der Waals surface area contributed by atoms with Crippen molar-refractivity contribution in [1.82, 2.24) is 14.8 Å². The maximum atomic E-state index is 12.4. The number of hydrogen-bond acceptors (Lipinski definition) is 4. The summed E-state index contributed by atoms with van der Waals surface area (Å²) in [5, 5.41) is 13.0. The second-order valence-corrected chi connectivity index (χ2v) is 7.81. The van der Waals surface area contributed by atoms with Gasteiger partial charge in [-0.1, -0.05) is 66.7 Å². The number of anilines is 1. The van der Waals surface area contributed by atoms with Crippen molar-refractivity contribution in [3.63, 3.8) is 0 Å². The summed E-state index contributed by atoms with van der Waals surface area (Å²) < 4.78 is 2.11. The average Bonchev–Trinajstić information content (AvgIpc) is 3.06. The quantitative estimate of drug-likeness (QED) is 0.528. The number of carbonyl (C=O) groups is 1. The number of carbonyl (C=O) groups excluding carboxylic acids is 1. The number of benzene rings is 2. The molecule has 0 saturated heterocycles. The summed E-state index contributed by atoms with van der Waals surface area (Å²) in [5.41, 5.74) is 2.79. The van der Waals surface area contributed by atoms with Crippen molar-refractivity contribution in [3.05, 3.63) is 70.5 Å². The fourth-order valence-corrected chi connectivity index (χ4v) is 3.80. The highest BCUT2D eigenvalue weighted by molar-refractivity contribution is 7.99. The molecule has 7 heteroatoms. The Morgan fingerprint density at radius 3 is 2.68 bits per heavy atom. The minimum atomic E-state index is -0.0916. The van der Waals surface area contributed by atoms with Gasteiger partial charge in [0.2, 0.25) is 5.91 Å². The van der Waals surface area contributed by atoms with Gasteiger partial charge in [0.15, 0.2) is 5.16 Å². The van der Waals surface area contributed by atoms with Crippen molar-refractivity contribution >= 4 is 35.0 Å². The number of thioether (sulfide) groups is 1. The van der Waals surface area contributed by atoms with Crippen LogP contribution in [0.5, 0.6) is 0 Å². The molecule has 1 amide bonds. The van der Waals surface area contributed by atoms with Crippen molar-refractivity contribution < 1.29 is 4.79 Å². The summed E-state index contributed by atoms with van der Waals surface area (Å²) >= 11 is 7.52. The molecular weight excluding hydrogens is 392 g/mol. The Morgan fingerprint density at radius 2 is 1.93 bits per heavy atom. The standard InChI is InChI=1S/C21H23ClN4OS/c1-3-12-26-19(13-16-8-5-4-6-9-16)24-25-21(26)28-14-20(27)23-18-11-7-10-17(22)15(18)2/h4-11H,3,12-14H2,1-2H3,(H,23,27). The first kappa shape index (κ1) is 20.4. The summed E-state index contributed by atoms with van der Waals surface area (Å²) in [7, 11) is 0. The molecule has 3 aromatic rings. The van der Waals surface area contributed by atoms with Crippen LogP contribution in [0.1, 0.15) is 30.3 Å². The lowest BCUT2D eigenvalue weighted by molar-refractivity contribution is -0.113. The van der Waals surface area contributed by atoms with Gasteiger partial charge in [-0.3, -0.25) is 4.79 Å². The topological polar surface area (TPSA) is 59.8 Å². The van der Waals surface area contributed by atoms with Crippen LogP contribution in [0.4, 0.5) is 5.69 Å². The van der Waals surface area contributed by atoms with Crippen LogP contribution in [0.2, 0.25) is 5.02 Å². The monoisotopic (exact) mass is 414 g/mol. The van der Waals surface area contributed by atoms with Crippen molar-refractivity contribution in [2.24, 2.45) is 0 Å². The van der Waals surface area contributed by atoms with Gasteiger partial charge in [-0.05, 0) is 36.6 Å². The molecule has 2 aromatic carbocycles. The second kappa shape index (κ2) is 9.75. The lowest BCUT2D eigenvalue weighted by Gasteiger charge is -2.10. The number of nitrogens with one attached hydrogen (secondary N) is 1. The van der Waals surface area contributed by atoms with E-state index in [0.29, 0.717) is 5.02 Å². The van der Waals surface area contributed by atoms with E-state index in [1.165, 1.54) is 17.3 Å². The molecule has 0 atom stereocenters. The van der Waals surface area contributed by atoms with Crippen LogP contribution in [-0.2, 0) is 17.8 Å². The third kappa shape index (κ3) is 5.14. The number of amides is 1. The smallest absolute Gasteiger partial charge is 0.234 e. The molecule has 0 aliphatic rings. The molecule has 3 rings (SSSR count). The second-order valence-electron chi connectivity index (χ2n) is 6.46. The van der Waals surface area contributed by atoms with E-state index in [1.54, 1.807) is 0 Å². The van der Waals surface area contributed by atoms with E-state index in [1.807, 2.05) is 43.3 Å². The summed E-state index contributed by atoms with van der Waals surface area (Å²) in [5.74, 6) is 1.09. The first-order valence-corrected chi connectivity index (χ1v) is 10.6. The van der Waals surface area contributed by atoms with Gasteiger partial charge in [-0.25, -0.2) is 0 Å². The van der Waals surface area contributed by atoms with Crippen molar-refractivity contribution in [1.29, 1.82) is 0 Å². The van der Waals surface area contributed by atoms with Crippen LogP contribution < -0.4 is 5.32 Å². The van der Waals surface area contributed by atoms with Gasteiger partial charge in [0.05, 0.1) is 5.75 Å². The molecule has 0 unspecified atom stereocenters. The van der Waals surface area contributed by atoms with E-state index < -0.39 is 0 Å². The zero-order valence-corrected chi connectivity index (χ0v) is 17.6. The van der Waals surface area contributed by atoms with E-state index in [2.05, 4.69) is 39.1 Å². The molecule has 0 aliphatic carbocycles. The molecule has 0 saturated carbocycles. The number of halogens is 1. The number of nitrogens with zero attached hydrogens (tertiary/aromatic N) is 3. The third-order valence-electron chi connectivity index (χ3n) is 4.32. The Morgan fingerprint density at radius 1 is 1.14 bits per heavy atom. The Hall–Kier alpha value is -2.31. The van der Waals surface area contributed by atoms with Crippen LogP contribution in [-0.4, -0.2) is 26.4 Å². The molecule has 1 heterocycles. The summed E-state index contributed by atoms with van der Waals surface area (Å²) in [6.07, 6.45) is 1.70. The van der Waals surface area contributed by atoms with Crippen molar-refractivity contribution in [2.45, 2.75) is 38.4 Å². The molecule has 0 spiro atoms. The highest BCUT2D eigenvalue weighted by Crippen LogP contribution is 2.24. The largest absolute Gasteiger partial charge is 0.325 e. The van der Waals surface area contributed by atoms with Gasteiger partial charge in [0.1, 0.15) is 5.82 Å². The van der Waals surface area contributed by atoms with Crippen molar-refractivity contribution in [3.8, 4) is 0 Å². The van der Waals surface area contributed by atoms with E-state index in [9.17, 15) is 4.79 Å². The van der Waals surface area contributed by atoms with E-state index >= 15 is 0 Å². The maximum absolute atomic E-state index is 12.4. The van der Waals surface area contributed by atoms with E-state index in [-0.39, 0.29) is 11.7 Å². The summed E-state index contributed by atoms with van der Waals surface area (Å²) in [6, 6.07) is 15.7.